The lowest BCUT2D eigenvalue weighted by Crippen LogP contribution is -2.74. The zero-order valence-electron chi connectivity index (χ0n) is 18.0. The summed E-state index contributed by atoms with van der Waals surface area (Å²) < 4.78 is 17.3. The van der Waals surface area contributed by atoms with Gasteiger partial charge in [-0.15, -0.1) is 10.2 Å². The summed E-state index contributed by atoms with van der Waals surface area (Å²) in [5.41, 5.74) is 1.31. The summed E-state index contributed by atoms with van der Waals surface area (Å²) in [6.45, 7) is 4.91. The zero-order valence-corrected chi connectivity index (χ0v) is 18.0. The van der Waals surface area contributed by atoms with Gasteiger partial charge in [-0.25, -0.2) is 9.37 Å². The van der Waals surface area contributed by atoms with Crippen molar-refractivity contribution in [2.45, 2.75) is 44.4 Å². The molecule has 162 valence electrons. The molecule has 1 saturated carbocycles. The Kier molecular flexibility index (Phi) is 4.51. The van der Waals surface area contributed by atoms with Gasteiger partial charge in [0.2, 0.25) is 0 Å². The van der Waals surface area contributed by atoms with Crippen LogP contribution in [0.4, 0.5) is 10.2 Å². The van der Waals surface area contributed by atoms with E-state index >= 15 is 4.39 Å². The number of anilines is 1. The van der Waals surface area contributed by atoms with Crippen molar-refractivity contribution >= 4 is 5.82 Å². The van der Waals surface area contributed by atoms with Crippen molar-refractivity contribution in [3.63, 3.8) is 0 Å². The van der Waals surface area contributed by atoms with Crippen LogP contribution in [0.1, 0.15) is 26.7 Å². The summed E-state index contributed by atoms with van der Waals surface area (Å²) in [5.74, 6) is 0.741. The van der Waals surface area contributed by atoms with E-state index in [2.05, 4.69) is 27.4 Å². The van der Waals surface area contributed by atoms with Crippen molar-refractivity contribution in [3.8, 4) is 22.7 Å². The minimum atomic E-state index is -0.994. The van der Waals surface area contributed by atoms with E-state index < -0.39 is 11.7 Å². The van der Waals surface area contributed by atoms with Gasteiger partial charge in [-0.2, -0.15) is 0 Å². The fraction of sp³-hybridized carbons (Fsp3) is 0.435. The van der Waals surface area contributed by atoms with Crippen LogP contribution in [0.3, 0.4) is 0 Å². The van der Waals surface area contributed by atoms with Crippen LogP contribution in [-0.2, 0) is 0 Å². The fourth-order valence-corrected chi connectivity index (χ4v) is 5.09. The van der Waals surface area contributed by atoms with Crippen LogP contribution in [0, 0.1) is 5.41 Å². The predicted molar refractivity (Wildman–Crippen MR) is 117 cm³/mol. The van der Waals surface area contributed by atoms with E-state index in [-0.39, 0.29) is 17.2 Å². The Morgan fingerprint density at radius 1 is 1.19 bits per heavy atom. The Hall–Kier alpha value is -3.00. The first kappa shape index (κ1) is 19.9. The standard InChI is InChI=1S/C23H27FN6O/c1-22-8-9-23(2,26-13-22)20(24)21(22)29(3)19-7-6-17(27-28-19)16-5-4-15(12-18(16)31)30-11-10-25-14-30/h4-7,10-12,14,20-21,26,31H,8-9,13H2,1-3H3/t20-,21-,22+,23+/m0/s1. The largest absolute Gasteiger partial charge is 0.507 e. The number of benzene rings is 1. The van der Waals surface area contributed by atoms with Gasteiger partial charge in [0.1, 0.15) is 11.9 Å². The quantitative estimate of drug-likeness (QED) is 0.671. The van der Waals surface area contributed by atoms with E-state index in [1.807, 2.05) is 53.9 Å². The van der Waals surface area contributed by atoms with Crippen molar-refractivity contribution in [1.29, 1.82) is 0 Å². The van der Waals surface area contributed by atoms with Crippen LogP contribution in [0.15, 0.2) is 49.1 Å². The lowest BCUT2D eigenvalue weighted by Gasteiger charge is -2.60. The number of phenols is 1. The highest BCUT2D eigenvalue weighted by atomic mass is 19.1. The van der Waals surface area contributed by atoms with Gasteiger partial charge in [-0.3, -0.25) is 0 Å². The Morgan fingerprint density at radius 2 is 2.03 bits per heavy atom. The number of piperidine rings is 2. The van der Waals surface area contributed by atoms with Crippen LogP contribution < -0.4 is 10.2 Å². The topological polar surface area (TPSA) is 79.1 Å². The molecule has 1 aliphatic carbocycles. The number of nitrogens with one attached hydrogen (secondary N) is 1. The number of phenolic OH excluding ortho intramolecular Hbond substituents is 1. The molecule has 0 unspecified atom stereocenters. The maximum Gasteiger partial charge on any atom is 0.151 e. The van der Waals surface area contributed by atoms with Crippen LogP contribution in [0.5, 0.6) is 5.75 Å². The Labute approximate surface area is 180 Å². The molecule has 2 aliphatic heterocycles. The summed E-state index contributed by atoms with van der Waals surface area (Å²) in [7, 11) is 1.90. The molecule has 0 amide bonds. The third-order valence-corrected chi connectivity index (χ3v) is 7.20. The monoisotopic (exact) mass is 422 g/mol. The van der Waals surface area contributed by atoms with Gasteiger partial charge in [0, 0.05) is 48.6 Å². The molecule has 6 rings (SSSR count). The third-order valence-electron chi connectivity index (χ3n) is 7.20. The van der Waals surface area contributed by atoms with E-state index in [4.69, 9.17) is 0 Å². The molecule has 0 radical (unpaired) electrons. The lowest BCUT2D eigenvalue weighted by atomic mass is 9.60. The number of alkyl halides is 1. The van der Waals surface area contributed by atoms with E-state index in [0.717, 1.165) is 25.1 Å². The summed E-state index contributed by atoms with van der Waals surface area (Å²) in [6, 6.07) is 8.76. The van der Waals surface area contributed by atoms with Gasteiger partial charge < -0.3 is 19.9 Å². The minimum Gasteiger partial charge on any atom is -0.507 e. The highest BCUT2D eigenvalue weighted by Gasteiger charge is 2.58. The Morgan fingerprint density at radius 3 is 2.65 bits per heavy atom. The highest BCUT2D eigenvalue weighted by molar-refractivity contribution is 5.69. The average Bonchev–Trinajstić information content (AvgIpc) is 3.30. The number of hydrogen-bond acceptors (Lipinski definition) is 6. The van der Waals surface area contributed by atoms with Crippen LogP contribution in [-0.4, -0.2) is 56.2 Å². The molecule has 3 aliphatic rings. The fourth-order valence-electron chi connectivity index (χ4n) is 5.09. The second-order valence-corrected chi connectivity index (χ2v) is 9.33. The second-order valence-electron chi connectivity index (χ2n) is 9.33. The number of rotatable bonds is 4. The van der Waals surface area contributed by atoms with E-state index in [1.165, 1.54) is 0 Å². The molecule has 2 bridgehead atoms. The molecule has 2 N–H and O–H groups in total. The van der Waals surface area contributed by atoms with Gasteiger partial charge in [0.05, 0.1) is 23.8 Å². The first-order chi connectivity index (χ1) is 14.8. The van der Waals surface area contributed by atoms with Crippen LogP contribution in [0.2, 0.25) is 0 Å². The molecule has 2 saturated heterocycles. The number of halogens is 1. The highest BCUT2D eigenvalue weighted by Crippen LogP contribution is 2.49. The van der Waals surface area contributed by atoms with Crippen molar-refractivity contribution in [2.24, 2.45) is 5.41 Å². The molecule has 4 atom stereocenters. The summed E-state index contributed by atoms with van der Waals surface area (Å²) in [5, 5.41) is 22.6. The number of aromatic nitrogens is 4. The average molecular weight is 423 g/mol. The molecule has 2 aromatic heterocycles. The van der Waals surface area contributed by atoms with Crippen molar-refractivity contribution in [3.05, 3.63) is 49.1 Å². The molecular weight excluding hydrogens is 395 g/mol. The number of aromatic hydroxyl groups is 1. The van der Waals surface area contributed by atoms with Crippen molar-refractivity contribution < 1.29 is 9.50 Å². The summed E-state index contributed by atoms with van der Waals surface area (Å²) >= 11 is 0. The first-order valence-corrected chi connectivity index (χ1v) is 10.6. The Bertz CT molecular complexity index is 1080. The smallest absolute Gasteiger partial charge is 0.151 e. The molecule has 7 nitrogen and oxygen atoms in total. The summed E-state index contributed by atoms with van der Waals surface area (Å²) in [4.78, 5) is 5.96. The van der Waals surface area contributed by atoms with E-state index in [1.54, 1.807) is 18.6 Å². The van der Waals surface area contributed by atoms with E-state index in [0.29, 0.717) is 17.1 Å². The van der Waals surface area contributed by atoms with Gasteiger partial charge in [-0.1, -0.05) is 6.92 Å². The zero-order chi connectivity index (χ0) is 21.8. The van der Waals surface area contributed by atoms with Crippen LogP contribution in [0.25, 0.3) is 16.9 Å². The molecule has 8 heteroatoms. The number of hydrogen-bond donors (Lipinski definition) is 2. The number of nitrogens with zero attached hydrogens (tertiary/aromatic N) is 5. The van der Waals surface area contributed by atoms with Gasteiger partial charge in [0.15, 0.2) is 5.82 Å². The lowest BCUT2D eigenvalue weighted by molar-refractivity contribution is -0.0411. The molecule has 31 heavy (non-hydrogen) atoms. The van der Waals surface area contributed by atoms with Gasteiger partial charge in [-0.05, 0) is 44.0 Å². The third kappa shape index (κ3) is 3.17. The van der Waals surface area contributed by atoms with Crippen LogP contribution >= 0.6 is 0 Å². The molecular formula is C23H27FN6O. The number of imidazole rings is 1. The van der Waals surface area contributed by atoms with Crippen molar-refractivity contribution in [2.75, 3.05) is 18.5 Å². The molecule has 4 heterocycles. The number of fused-ring (bicyclic) bond motifs is 3. The molecule has 3 aromatic rings. The van der Waals surface area contributed by atoms with E-state index in [9.17, 15) is 5.11 Å². The maximum atomic E-state index is 15.5. The summed E-state index contributed by atoms with van der Waals surface area (Å²) in [6.07, 6.45) is 5.99. The predicted octanol–water partition coefficient (Wildman–Crippen LogP) is 3.34. The van der Waals surface area contributed by atoms with Crippen molar-refractivity contribution in [1.82, 2.24) is 25.1 Å². The molecule has 3 fully saturated rings. The Balaban J connectivity index is 1.40. The minimum absolute atomic E-state index is 0.113. The second kappa shape index (κ2) is 7.02. The SMILES string of the molecule is CN(c1ccc(-c2ccc(-n3ccnc3)cc2O)nn1)[C@H]1[C@H](F)[C@@]2(C)CC[C@]1(C)CN2. The molecule has 0 spiro atoms. The normalized spacial score (nSPS) is 29.8. The van der Waals surface area contributed by atoms with Gasteiger partial charge >= 0.3 is 0 Å². The first-order valence-electron chi connectivity index (χ1n) is 10.6. The molecule has 1 aromatic carbocycles. The maximum absolute atomic E-state index is 15.5. The van der Waals surface area contributed by atoms with Gasteiger partial charge in [0.25, 0.3) is 0 Å².